The number of carbonyl (C=O) groups is 1. The lowest BCUT2D eigenvalue weighted by Crippen LogP contribution is -2.41. The number of hydrogen-bond donors (Lipinski definition) is 1. The van der Waals surface area contributed by atoms with Crippen LogP contribution in [-0.2, 0) is 11.2 Å². The summed E-state index contributed by atoms with van der Waals surface area (Å²) in [6, 6.07) is 3.61. The Balaban J connectivity index is 2.64. The van der Waals surface area contributed by atoms with E-state index in [-0.39, 0.29) is 5.91 Å². The first-order chi connectivity index (χ1) is 10.5. The molecule has 0 fully saturated rings. The fraction of sp³-hybridized carbons (Fsp3) is 0.647. The third-order valence-corrected chi connectivity index (χ3v) is 3.70. The van der Waals surface area contributed by atoms with Gasteiger partial charge in [0.1, 0.15) is 0 Å². The van der Waals surface area contributed by atoms with Crippen LogP contribution >= 0.6 is 0 Å². The minimum absolute atomic E-state index is 0.137. The van der Waals surface area contributed by atoms with Gasteiger partial charge in [0.2, 0.25) is 5.91 Å². The Labute approximate surface area is 134 Å². The predicted octanol–water partition coefficient (Wildman–Crippen LogP) is 2.03. The van der Waals surface area contributed by atoms with Crippen molar-refractivity contribution in [3.63, 3.8) is 0 Å². The third-order valence-electron chi connectivity index (χ3n) is 3.70. The van der Waals surface area contributed by atoms with E-state index >= 15 is 0 Å². The molecule has 2 N–H and O–H groups in total. The molecule has 0 aliphatic heterocycles. The highest BCUT2D eigenvalue weighted by Gasteiger charge is 2.16. The molecule has 0 aromatic carbocycles. The standard InChI is InChI=1S/C17H30N4O/c1-5-20(6-2)9-10-21(13-14(3)4)17(22)11-16-8-7-15(18)12-19-16/h7-8,12,14H,5-6,9-11,13,18H2,1-4H3. The van der Waals surface area contributed by atoms with Crippen molar-refractivity contribution >= 4 is 11.6 Å². The number of likely N-dealkylation sites (N-methyl/N-ethyl adjacent to an activating group) is 1. The lowest BCUT2D eigenvalue weighted by Gasteiger charge is -2.28. The second-order valence-electron chi connectivity index (χ2n) is 6.02. The average molecular weight is 306 g/mol. The van der Waals surface area contributed by atoms with Gasteiger partial charge in [-0.3, -0.25) is 9.78 Å². The molecule has 0 spiro atoms. The summed E-state index contributed by atoms with van der Waals surface area (Å²) in [6.07, 6.45) is 1.94. The lowest BCUT2D eigenvalue weighted by molar-refractivity contribution is -0.131. The Morgan fingerprint density at radius 2 is 1.91 bits per heavy atom. The summed E-state index contributed by atoms with van der Waals surface area (Å²) in [7, 11) is 0. The Kier molecular flexibility index (Phi) is 7.88. The SMILES string of the molecule is CCN(CC)CCN(CC(C)C)C(=O)Cc1ccc(N)cn1. The molecule has 0 saturated heterocycles. The molecule has 22 heavy (non-hydrogen) atoms. The fourth-order valence-corrected chi connectivity index (χ4v) is 2.37. The predicted molar refractivity (Wildman–Crippen MR) is 91.6 cm³/mol. The first-order valence-electron chi connectivity index (χ1n) is 8.16. The van der Waals surface area contributed by atoms with E-state index in [1.807, 2.05) is 11.0 Å². The minimum Gasteiger partial charge on any atom is -0.397 e. The molecule has 0 bridgehead atoms. The summed E-state index contributed by atoms with van der Waals surface area (Å²) < 4.78 is 0. The number of amides is 1. The average Bonchev–Trinajstić information content (AvgIpc) is 2.49. The zero-order chi connectivity index (χ0) is 16.5. The topological polar surface area (TPSA) is 62.5 Å². The van der Waals surface area contributed by atoms with Crippen molar-refractivity contribution in [3.05, 3.63) is 24.0 Å². The number of pyridine rings is 1. The highest BCUT2D eigenvalue weighted by atomic mass is 16.2. The highest BCUT2D eigenvalue weighted by Crippen LogP contribution is 2.06. The lowest BCUT2D eigenvalue weighted by atomic mass is 10.1. The zero-order valence-corrected chi connectivity index (χ0v) is 14.4. The van der Waals surface area contributed by atoms with Crippen LogP contribution in [0, 0.1) is 5.92 Å². The van der Waals surface area contributed by atoms with Gasteiger partial charge in [0, 0.05) is 25.3 Å². The number of nitrogens with two attached hydrogens (primary N) is 1. The summed E-state index contributed by atoms with van der Waals surface area (Å²) in [5.74, 6) is 0.596. The summed E-state index contributed by atoms with van der Waals surface area (Å²) >= 11 is 0. The van der Waals surface area contributed by atoms with Crippen LogP contribution < -0.4 is 5.73 Å². The molecular formula is C17H30N4O. The molecule has 1 amide bonds. The van der Waals surface area contributed by atoms with Gasteiger partial charge >= 0.3 is 0 Å². The quantitative estimate of drug-likeness (QED) is 0.758. The van der Waals surface area contributed by atoms with Crippen molar-refractivity contribution < 1.29 is 4.79 Å². The van der Waals surface area contributed by atoms with Gasteiger partial charge in [0.25, 0.3) is 0 Å². The fourth-order valence-electron chi connectivity index (χ4n) is 2.37. The van der Waals surface area contributed by atoms with Crippen molar-refractivity contribution in [2.45, 2.75) is 34.1 Å². The smallest absolute Gasteiger partial charge is 0.228 e. The second kappa shape index (κ2) is 9.41. The molecule has 0 aliphatic carbocycles. The van der Waals surface area contributed by atoms with Crippen LogP contribution in [-0.4, -0.2) is 53.4 Å². The van der Waals surface area contributed by atoms with E-state index in [2.05, 4.69) is 37.6 Å². The molecule has 0 aliphatic rings. The van der Waals surface area contributed by atoms with Gasteiger partial charge in [-0.2, -0.15) is 0 Å². The summed E-state index contributed by atoms with van der Waals surface area (Å²) in [4.78, 5) is 21.1. The Hall–Kier alpha value is -1.62. The summed E-state index contributed by atoms with van der Waals surface area (Å²) in [5, 5.41) is 0. The van der Waals surface area contributed by atoms with Crippen LogP contribution in [0.2, 0.25) is 0 Å². The normalized spacial score (nSPS) is 11.2. The van der Waals surface area contributed by atoms with Gasteiger partial charge in [-0.05, 0) is 31.1 Å². The molecule has 1 heterocycles. The first kappa shape index (κ1) is 18.4. The maximum atomic E-state index is 12.6. The van der Waals surface area contributed by atoms with E-state index in [4.69, 9.17) is 5.73 Å². The number of nitrogens with zero attached hydrogens (tertiary/aromatic N) is 3. The number of aromatic nitrogens is 1. The van der Waals surface area contributed by atoms with Crippen molar-refractivity contribution in [2.24, 2.45) is 5.92 Å². The van der Waals surface area contributed by atoms with Crippen LogP contribution in [0.1, 0.15) is 33.4 Å². The molecule has 0 unspecified atom stereocenters. The molecule has 0 radical (unpaired) electrons. The third kappa shape index (κ3) is 6.43. The largest absolute Gasteiger partial charge is 0.397 e. The number of anilines is 1. The summed E-state index contributed by atoms with van der Waals surface area (Å²) in [5.41, 5.74) is 7.03. The monoisotopic (exact) mass is 306 g/mol. The van der Waals surface area contributed by atoms with E-state index in [1.165, 1.54) is 0 Å². The van der Waals surface area contributed by atoms with E-state index in [9.17, 15) is 4.79 Å². The molecule has 1 aromatic heterocycles. The maximum absolute atomic E-state index is 12.6. The van der Waals surface area contributed by atoms with E-state index in [0.29, 0.717) is 18.0 Å². The van der Waals surface area contributed by atoms with E-state index in [1.54, 1.807) is 12.3 Å². The molecule has 0 atom stereocenters. The molecule has 124 valence electrons. The van der Waals surface area contributed by atoms with Crippen LogP contribution in [0.3, 0.4) is 0 Å². The summed E-state index contributed by atoms with van der Waals surface area (Å²) in [6.45, 7) is 13.1. The van der Waals surface area contributed by atoms with Crippen molar-refractivity contribution in [3.8, 4) is 0 Å². The van der Waals surface area contributed by atoms with Crippen molar-refractivity contribution in [1.29, 1.82) is 0 Å². The van der Waals surface area contributed by atoms with E-state index in [0.717, 1.165) is 38.4 Å². The Morgan fingerprint density at radius 1 is 1.23 bits per heavy atom. The minimum atomic E-state index is 0.137. The number of nitrogen functional groups attached to an aromatic ring is 1. The van der Waals surface area contributed by atoms with E-state index < -0.39 is 0 Å². The van der Waals surface area contributed by atoms with Gasteiger partial charge in [0.15, 0.2) is 0 Å². The van der Waals surface area contributed by atoms with Gasteiger partial charge < -0.3 is 15.5 Å². The van der Waals surface area contributed by atoms with Gasteiger partial charge in [0.05, 0.1) is 18.3 Å². The number of hydrogen-bond acceptors (Lipinski definition) is 4. The maximum Gasteiger partial charge on any atom is 0.228 e. The molecule has 5 heteroatoms. The number of carbonyl (C=O) groups excluding carboxylic acids is 1. The van der Waals surface area contributed by atoms with Crippen LogP contribution in [0.4, 0.5) is 5.69 Å². The van der Waals surface area contributed by atoms with Gasteiger partial charge in [-0.25, -0.2) is 0 Å². The van der Waals surface area contributed by atoms with Crippen molar-refractivity contribution in [1.82, 2.24) is 14.8 Å². The van der Waals surface area contributed by atoms with Crippen molar-refractivity contribution in [2.75, 3.05) is 38.5 Å². The van der Waals surface area contributed by atoms with Crippen LogP contribution in [0.15, 0.2) is 18.3 Å². The molecule has 5 nitrogen and oxygen atoms in total. The molecule has 1 rings (SSSR count). The second-order valence-corrected chi connectivity index (χ2v) is 6.02. The molecule has 0 saturated carbocycles. The zero-order valence-electron chi connectivity index (χ0n) is 14.4. The molecular weight excluding hydrogens is 276 g/mol. The van der Waals surface area contributed by atoms with Gasteiger partial charge in [-0.15, -0.1) is 0 Å². The van der Waals surface area contributed by atoms with Crippen LogP contribution in [0.25, 0.3) is 0 Å². The Bertz CT molecular complexity index is 440. The van der Waals surface area contributed by atoms with Gasteiger partial charge in [-0.1, -0.05) is 27.7 Å². The number of rotatable bonds is 9. The molecule has 1 aromatic rings. The Morgan fingerprint density at radius 3 is 2.41 bits per heavy atom. The first-order valence-corrected chi connectivity index (χ1v) is 8.16. The highest BCUT2D eigenvalue weighted by molar-refractivity contribution is 5.78. The van der Waals surface area contributed by atoms with Crippen LogP contribution in [0.5, 0.6) is 0 Å².